The van der Waals surface area contributed by atoms with Crippen LogP contribution in [0.25, 0.3) is 0 Å². The fraction of sp³-hybridized carbons (Fsp3) is 0.625. The number of nitrogens with one attached hydrogen (secondary N) is 1. The summed E-state index contributed by atoms with van der Waals surface area (Å²) in [6.45, 7) is 6.44. The second kappa shape index (κ2) is 9.22. The highest BCUT2D eigenvalue weighted by Gasteiger charge is 2.10. The van der Waals surface area contributed by atoms with Gasteiger partial charge in [-0.3, -0.25) is 0 Å². The lowest BCUT2D eigenvalue weighted by molar-refractivity contribution is 0.283. The van der Waals surface area contributed by atoms with Gasteiger partial charge in [0.2, 0.25) is 0 Å². The van der Waals surface area contributed by atoms with Crippen molar-refractivity contribution in [3.8, 4) is 0 Å². The third kappa shape index (κ3) is 5.31. The van der Waals surface area contributed by atoms with E-state index < -0.39 is 0 Å². The summed E-state index contributed by atoms with van der Waals surface area (Å²) in [5, 5.41) is 13.0. The third-order valence-electron chi connectivity index (χ3n) is 3.54. The lowest BCUT2D eigenvalue weighted by Crippen LogP contribution is -2.20. The minimum Gasteiger partial charge on any atom is -0.396 e. The Morgan fingerprint density at radius 1 is 1.30 bits per heavy atom. The summed E-state index contributed by atoms with van der Waals surface area (Å²) in [6, 6.07) is 6.60. The zero-order chi connectivity index (χ0) is 15.0. The highest BCUT2D eigenvalue weighted by atomic mass is 35.5. The molecule has 0 aliphatic heterocycles. The van der Waals surface area contributed by atoms with Gasteiger partial charge in [0.25, 0.3) is 0 Å². The number of unbranched alkanes of at least 4 members (excludes halogenated alkanes) is 2. The Kier molecular flexibility index (Phi) is 7.97. The molecular formula is C16H27ClN2O. The zero-order valence-corrected chi connectivity index (χ0v) is 13.6. The number of anilines is 1. The molecule has 1 aromatic rings. The average molecular weight is 299 g/mol. The molecule has 1 atom stereocenters. The minimum atomic E-state index is 0.279. The van der Waals surface area contributed by atoms with E-state index in [0.29, 0.717) is 6.04 Å². The predicted molar refractivity (Wildman–Crippen MR) is 87.8 cm³/mol. The molecular weight excluding hydrogens is 272 g/mol. The molecule has 0 aliphatic rings. The molecule has 0 amide bonds. The van der Waals surface area contributed by atoms with Crippen molar-refractivity contribution >= 4 is 17.3 Å². The van der Waals surface area contributed by atoms with Gasteiger partial charge in [-0.15, -0.1) is 0 Å². The monoisotopic (exact) mass is 298 g/mol. The van der Waals surface area contributed by atoms with Gasteiger partial charge in [0, 0.05) is 26.2 Å². The van der Waals surface area contributed by atoms with Crippen LogP contribution in [0.4, 0.5) is 5.69 Å². The Morgan fingerprint density at radius 3 is 2.65 bits per heavy atom. The molecule has 0 radical (unpaired) electrons. The van der Waals surface area contributed by atoms with Crippen LogP contribution in [0.15, 0.2) is 18.2 Å². The molecule has 1 rings (SSSR count). The number of rotatable bonds is 9. The van der Waals surface area contributed by atoms with Gasteiger partial charge in [-0.1, -0.05) is 24.6 Å². The van der Waals surface area contributed by atoms with E-state index in [1.807, 2.05) is 0 Å². The topological polar surface area (TPSA) is 35.5 Å². The lowest BCUT2D eigenvalue weighted by Gasteiger charge is -2.22. The molecule has 1 aromatic carbocycles. The highest BCUT2D eigenvalue weighted by molar-refractivity contribution is 6.33. The second-order valence-electron chi connectivity index (χ2n) is 5.20. The maximum absolute atomic E-state index is 8.78. The molecule has 20 heavy (non-hydrogen) atoms. The quantitative estimate of drug-likeness (QED) is 0.684. The molecule has 0 heterocycles. The molecule has 0 aromatic heterocycles. The number of benzene rings is 1. The van der Waals surface area contributed by atoms with Gasteiger partial charge >= 0.3 is 0 Å². The normalized spacial score (nSPS) is 12.4. The van der Waals surface area contributed by atoms with Crippen LogP contribution >= 0.6 is 11.6 Å². The largest absolute Gasteiger partial charge is 0.396 e. The summed E-state index contributed by atoms with van der Waals surface area (Å²) in [4.78, 5) is 2.18. The SMILES string of the molecule is CCNC(C)c1ccc(N(C)CCCCCO)c(Cl)c1. The summed E-state index contributed by atoms with van der Waals surface area (Å²) in [5.41, 5.74) is 2.29. The summed E-state index contributed by atoms with van der Waals surface area (Å²) in [5.74, 6) is 0. The van der Waals surface area contributed by atoms with Gasteiger partial charge in [0.15, 0.2) is 0 Å². The van der Waals surface area contributed by atoms with E-state index in [9.17, 15) is 0 Å². The van der Waals surface area contributed by atoms with Crippen molar-refractivity contribution in [2.45, 2.75) is 39.2 Å². The van der Waals surface area contributed by atoms with Crippen molar-refractivity contribution in [2.24, 2.45) is 0 Å². The first-order chi connectivity index (χ1) is 9.60. The van der Waals surface area contributed by atoms with E-state index >= 15 is 0 Å². The smallest absolute Gasteiger partial charge is 0.0642 e. The maximum Gasteiger partial charge on any atom is 0.0642 e. The molecule has 114 valence electrons. The van der Waals surface area contributed by atoms with Crippen molar-refractivity contribution < 1.29 is 5.11 Å². The van der Waals surface area contributed by atoms with Gasteiger partial charge < -0.3 is 15.3 Å². The van der Waals surface area contributed by atoms with Crippen LogP contribution in [0.3, 0.4) is 0 Å². The zero-order valence-electron chi connectivity index (χ0n) is 12.8. The molecule has 3 nitrogen and oxygen atoms in total. The van der Waals surface area contributed by atoms with E-state index in [1.165, 1.54) is 5.56 Å². The van der Waals surface area contributed by atoms with E-state index in [1.54, 1.807) is 0 Å². The number of aliphatic hydroxyl groups is 1. The van der Waals surface area contributed by atoms with Crippen LogP contribution < -0.4 is 10.2 Å². The minimum absolute atomic E-state index is 0.279. The third-order valence-corrected chi connectivity index (χ3v) is 3.85. The molecule has 0 saturated carbocycles. The van der Waals surface area contributed by atoms with Crippen molar-refractivity contribution in [1.82, 2.24) is 5.32 Å². The van der Waals surface area contributed by atoms with E-state index in [0.717, 1.165) is 43.1 Å². The summed E-state index contributed by atoms with van der Waals surface area (Å²) in [7, 11) is 2.06. The number of hydrogen-bond donors (Lipinski definition) is 2. The first kappa shape index (κ1) is 17.3. The first-order valence-electron chi connectivity index (χ1n) is 7.45. The van der Waals surface area contributed by atoms with Gasteiger partial charge in [-0.25, -0.2) is 0 Å². The molecule has 4 heteroatoms. The Hall–Kier alpha value is -0.770. The van der Waals surface area contributed by atoms with Gasteiger partial charge in [-0.05, 0) is 50.4 Å². The Morgan fingerprint density at radius 2 is 2.05 bits per heavy atom. The summed E-state index contributed by atoms with van der Waals surface area (Å²) in [6.07, 6.45) is 3.00. The Balaban J connectivity index is 2.62. The molecule has 0 spiro atoms. The molecule has 1 unspecified atom stereocenters. The van der Waals surface area contributed by atoms with Crippen molar-refractivity contribution in [3.05, 3.63) is 28.8 Å². The van der Waals surface area contributed by atoms with Gasteiger partial charge in [0.05, 0.1) is 10.7 Å². The predicted octanol–water partition coefficient (Wildman–Crippen LogP) is 3.61. The van der Waals surface area contributed by atoms with Crippen molar-refractivity contribution in [1.29, 1.82) is 0 Å². The van der Waals surface area contributed by atoms with Crippen molar-refractivity contribution in [2.75, 3.05) is 31.6 Å². The van der Waals surface area contributed by atoms with Crippen LogP contribution in [-0.4, -0.2) is 31.9 Å². The van der Waals surface area contributed by atoms with Crippen molar-refractivity contribution in [3.63, 3.8) is 0 Å². The maximum atomic E-state index is 8.78. The number of aliphatic hydroxyl groups excluding tert-OH is 1. The van der Waals surface area contributed by atoms with Crippen LogP contribution in [-0.2, 0) is 0 Å². The van der Waals surface area contributed by atoms with E-state index in [-0.39, 0.29) is 6.61 Å². The number of nitrogens with zero attached hydrogens (tertiary/aromatic N) is 1. The number of halogens is 1. The molecule has 2 N–H and O–H groups in total. The van der Waals surface area contributed by atoms with E-state index in [4.69, 9.17) is 16.7 Å². The van der Waals surface area contributed by atoms with Crippen LogP contribution in [0.5, 0.6) is 0 Å². The van der Waals surface area contributed by atoms with E-state index in [2.05, 4.69) is 49.3 Å². The number of hydrogen-bond acceptors (Lipinski definition) is 3. The first-order valence-corrected chi connectivity index (χ1v) is 7.82. The highest BCUT2D eigenvalue weighted by Crippen LogP contribution is 2.28. The Labute approximate surface area is 127 Å². The molecule has 0 bridgehead atoms. The lowest BCUT2D eigenvalue weighted by atomic mass is 10.1. The van der Waals surface area contributed by atoms with Crippen LogP contribution in [0, 0.1) is 0 Å². The van der Waals surface area contributed by atoms with Crippen LogP contribution in [0.2, 0.25) is 5.02 Å². The summed E-state index contributed by atoms with van der Waals surface area (Å²) >= 11 is 6.40. The fourth-order valence-corrected chi connectivity index (χ4v) is 2.62. The second-order valence-corrected chi connectivity index (χ2v) is 5.60. The van der Waals surface area contributed by atoms with Gasteiger partial charge in [0.1, 0.15) is 0 Å². The molecule has 0 saturated heterocycles. The van der Waals surface area contributed by atoms with Gasteiger partial charge in [-0.2, -0.15) is 0 Å². The molecule has 0 aliphatic carbocycles. The Bertz CT molecular complexity index is 398. The fourth-order valence-electron chi connectivity index (χ4n) is 2.28. The standard InChI is InChI=1S/C16H27ClN2O/c1-4-18-13(2)14-8-9-16(15(17)12-14)19(3)10-6-5-7-11-20/h8-9,12-13,18,20H,4-7,10-11H2,1-3H3. The average Bonchev–Trinajstić information content (AvgIpc) is 2.43. The molecule has 0 fully saturated rings. The van der Waals surface area contributed by atoms with Crippen LogP contribution in [0.1, 0.15) is 44.7 Å². The summed E-state index contributed by atoms with van der Waals surface area (Å²) < 4.78 is 0.